The monoisotopic (exact) mass is 152 g/mol. The molecule has 58 valence electrons. The maximum atomic E-state index is 5.59. The van der Waals surface area contributed by atoms with Crippen LogP contribution in [0.2, 0.25) is 0 Å². The molecule has 0 fully saturated rings. The highest BCUT2D eigenvalue weighted by atomic mass is 16.7. The molecule has 0 aromatic carbocycles. The third kappa shape index (κ3) is 0.536. The van der Waals surface area contributed by atoms with Crippen LogP contribution in [0.15, 0.2) is 10.2 Å². The molecule has 3 atom stereocenters. The Balaban J connectivity index is 2.08. The molecule has 3 rings (SSSR count). The van der Waals surface area contributed by atoms with Gasteiger partial charge in [0.25, 0.3) is 0 Å². The van der Waals surface area contributed by atoms with E-state index in [2.05, 4.69) is 17.2 Å². The van der Waals surface area contributed by atoms with Crippen molar-refractivity contribution >= 4 is 5.71 Å². The number of hydrogen-bond acceptors (Lipinski definition) is 3. The van der Waals surface area contributed by atoms with Gasteiger partial charge in [0.1, 0.15) is 12.5 Å². The summed E-state index contributed by atoms with van der Waals surface area (Å²) in [6, 6.07) is 0.391. The summed E-state index contributed by atoms with van der Waals surface area (Å²) in [5.41, 5.74) is 1.35. The van der Waals surface area contributed by atoms with Crippen LogP contribution in [0.4, 0.5) is 0 Å². The van der Waals surface area contributed by atoms with Crippen molar-refractivity contribution in [2.24, 2.45) is 16.1 Å². The zero-order valence-electron chi connectivity index (χ0n) is 6.40. The van der Waals surface area contributed by atoms with E-state index in [1.54, 1.807) is 0 Å². The average Bonchev–Trinajstić information content (AvgIpc) is 2.43. The summed E-state index contributed by atoms with van der Waals surface area (Å²) >= 11 is 0. The van der Waals surface area contributed by atoms with E-state index in [1.807, 2.05) is 4.74 Å². The van der Waals surface area contributed by atoms with Crippen LogP contribution in [0.5, 0.6) is 0 Å². The molecule has 0 radical (unpaired) electrons. The molecule has 0 aromatic heterocycles. The first-order valence-electron chi connectivity index (χ1n) is 4.00. The summed E-state index contributed by atoms with van der Waals surface area (Å²) in [5.74, 6) is 0.535. The van der Waals surface area contributed by atoms with Crippen molar-refractivity contribution in [1.29, 1.82) is 0 Å². The van der Waals surface area contributed by atoms with E-state index < -0.39 is 0 Å². The van der Waals surface area contributed by atoms with Crippen LogP contribution in [0, 0.1) is 5.92 Å². The number of hydrogen-bond donors (Lipinski definition) is 0. The molecule has 0 saturated heterocycles. The van der Waals surface area contributed by atoms with Gasteiger partial charge in [0.05, 0.1) is 0 Å². The van der Waals surface area contributed by atoms with Gasteiger partial charge in [-0.1, -0.05) is 0 Å². The molecule has 3 aliphatic heterocycles. The summed E-state index contributed by atoms with van der Waals surface area (Å²) in [6.45, 7) is 3.79. The third-order valence-corrected chi connectivity index (χ3v) is 2.80. The first-order valence-corrected chi connectivity index (χ1v) is 4.00. The molecule has 0 aliphatic carbocycles. The van der Waals surface area contributed by atoms with E-state index in [0.717, 1.165) is 13.1 Å². The van der Waals surface area contributed by atoms with Gasteiger partial charge in [-0.2, -0.15) is 10.2 Å². The summed E-state index contributed by atoms with van der Waals surface area (Å²) < 4.78 is 1.98. The lowest BCUT2D eigenvalue weighted by Crippen LogP contribution is -2.41. The highest BCUT2D eigenvalue weighted by Crippen LogP contribution is 2.33. The van der Waals surface area contributed by atoms with E-state index >= 15 is 0 Å². The summed E-state index contributed by atoms with van der Waals surface area (Å²) in [4.78, 5) is 5.59. The average molecular weight is 152 g/mol. The molecule has 3 unspecified atom stereocenters. The Hall–Kier alpha value is -0.930. The fourth-order valence-corrected chi connectivity index (χ4v) is 2.23. The van der Waals surface area contributed by atoms with E-state index in [1.165, 1.54) is 5.71 Å². The topological polar surface area (TPSA) is 37.0 Å². The van der Waals surface area contributed by atoms with Crippen molar-refractivity contribution in [2.45, 2.75) is 19.1 Å². The Kier molecular flexibility index (Phi) is 0.840. The Morgan fingerprint density at radius 1 is 1.64 bits per heavy atom. The molecular formula is C7H10N3O+. The maximum Gasteiger partial charge on any atom is 0.218 e. The van der Waals surface area contributed by atoms with Gasteiger partial charge in [0.2, 0.25) is 18.4 Å². The third-order valence-electron chi connectivity index (χ3n) is 2.80. The van der Waals surface area contributed by atoms with Crippen molar-refractivity contribution in [2.75, 3.05) is 13.1 Å². The number of hydroxylamine groups is 1. The zero-order chi connectivity index (χ0) is 7.42. The second-order valence-corrected chi connectivity index (χ2v) is 3.38. The van der Waals surface area contributed by atoms with Crippen LogP contribution in [0.25, 0.3) is 0 Å². The van der Waals surface area contributed by atoms with Crippen LogP contribution in [-0.2, 0) is 4.84 Å². The summed E-state index contributed by atoms with van der Waals surface area (Å²) in [7, 11) is 0. The summed E-state index contributed by atoms with van der Waals surface area (Å²) in [5, 5.41) is 8.24. The Labute approximate surface area is 64.5 Å². The molecule has 0 spiro atoms. The fourth-order valence-electron chi connectivity index (χ4n) is 2.23. The standard InChI is InChI=1S/C7H10N3O/c1-4-7-5-3-10(4)11-6(7)2-8-9-5/h5-7H,2-3H2,1H3/q+1. The normalized spacial score (nSPS) is 45.0. The Morgan fingerprint density at radius 3 is 3.18 bits per heavy atom. The molecule has 0 N–H and O–H groups in total. The van der Waals surface area contributed by atoms with E-state index in [9.17, 15) is 0 Å². The Morgan fingerprint density at radius 2 is 2.55 bits per heavy atom. The molecule has 0 amide bonds. The van der Waals surface area contributed by atoms with E-state index in [0.29, 0.717) is 18.1 Å². The molecule has 3 heterocycles. The minimum Gasteiger partial charge on any atom is -0.271 e. The number of rotatable bonds is 0. The van der Waals surface area contributed by atoms with Gasteiger partial charge in [-0.25, -0.2) is 0 Å². The zero-order valence-corrected chi connectivity index (χ0v) is 6.40. The largest absolute Gasteiger partial charge is 0.271 e. The fraction of sp³-hybridized carbons (Fsp3) is 0.857. The SMILES string of the molecule is CC1=[N+]2CC3N=NCC(O2)C13. The first-order chi connectivity index (χ1) is 5.36. The van der Waals surface area contributed by atoms with Crippen LogP contribution in [-0.4, -0.2) is 35.7 Å². The van der Waals surface area contributed by atoms with E-state index in [-0.39, 0.29) is 0 Å². The Bertz CT molecular complexity index is 271. The number of azo groups is 1. The van der Waals surface area contributed by atoms with Crippen molar-refractivity contribution in [3.05, 3.63) is 0 Å². The smallest absolute Gasteiger partial charge is 0.218 e. The second-order valence-electron chi connectivity index (χ2n) is 3.38. The predicted octanol–water partition coefficient (Wildman–Crippen LogP) is 0.238. The second kappa shape index (κ2) is 1.62. The van der Waals surface area contributed by atoms with Gasteiger partial charge < -0.3 is 0 Å². The molecule has 0 aromatic rings. The quantitative estimate of drug-likeness (QED) is 0.458. The highest BCUT2D eigenvalue weighted by Gasteiger charge is 2.56. The molecule has 3 aliphatic rings. The molecule has 0 saturated carbocycles. The van der Waals surface area contributed by atoms with Gasteiger partial charge in [0, 0.05) is 6.92 Å². The van der Waals surface area contributed by atoms with Gasteiger partial charge in [-0.05, 0) is 4.74 Å². The molecular weight excluding hydrogens is 142 g/mol. The van der Waals surface area contributed by atoms with Gasteiger partial charge >= 0.3 is 0 Å². The lowest BCUT2D eigenvalue weighted by atomic mass is 9.92. The van der Waals surface area contributed by atoms with Crippen LogP contribution < -0.4 is 0 Å². The first kappa shape index (κ1) is 5.69. The van der Waals surface area contributed by atoms with Crippen molar-refractivity contribution in [1.82, 2.24) is 0 Å². The van der Waals surface area contributed by atoms with Gasteiger partial charge in [-0.15, -0.1) is 0 Å². The molecule has 2 bridgehead atoms. The minimum absolute atomic E-state index is 0.297. The highest BCUT2D eigenvalue weighted by molar-refractivity contribution is 5.83. The van der Waals surface area contributed by atoms with E-state index in [4.69, 9.17) is 4.84 Å². The van der Waals surface area contributed by atoms with Crippen molar-refractivity contribution < 1.29 is 9.58 Å². The lowest BCUT2D eigenvalue weighted by molar-refractivity contribution is -0.791. The van der Waals surface area contributed by atoms with Gasteiger partial charge in [-0.3, -0.25) is 4.84 Å². The van der Waals surface area contributed by atoms with Crippen molar-refractivity contribution in [3.63, 3.8) is 0 Å². The predicted molar refractivity (Wildman–Crippen MR) is 37.7 cm³/mol. The number of nitrogens with zero attached hydrogens (tertiary/aromatic N) is 3. The lowest BCUT2D eigenvalue weighted by Gasteiger charge is -2.21. The van der Waals surface area contributed by atoms with Crippen molar-refractivity contribution in [3.8, 4) is 0 Å². The van der Waals surface area contributed by atoms with Gasteiger partial charge in [0.15, 0.2) is 6.04 Å². The maximum absolute atomic E-state index is 5.59. The van der Waals surface area contributed by atoms with Crippen LogP contribution in [0.1, 0.15) is 6.92 Å². The molecule has 4 nitrogen and oxygen atoms in total. The van der Waals surface area contributed by atoms with Crippen LogP contribution in [0.3, 0.4) is 0 Å². The molecule has 11 heavy (non-hydrogen) atoms. The van der Waals surface area contributed by atoms with Crippen LogP contribution >= 0.6 is 0 Å². The molecule has 4 heteroatoms. The summed E-state index contributed by atoms with van der Waals surface area (Å²) in [6.07, 6.45) is 0.297. The minimum atomic E-state index is 0.297.